The summed E-state index contributed by atoms with van der Waals surface area (Å²) >= 11 is 0. The summed E-state index contributed by atoms with van der Waals surface area (Å²) in [6, 6.07) is 19.3. The number of rotatable bonds is 5. The number of anilines is 1. The standard InChI is InChI=1S/C23H21N3O2/c24-13-6-11-19(22-18-10-5-4-7-16(18)12-14-25-22)20-15-21(27)26(23(20)28)17-8-2-1-3-9-17/h1-5,7-10,19-20H,6,11-12,14-15H2. The van der Waals surface area contributed by atoms with Crippen LogP contribution in [0.3, 0.4) is 0 Å². The second-order valence-electron chi connectivity index (χ2n) is 7.19. The summed E-state index contributed by atoms with van der Waals surface area (Å²) in [5, 5.41) is 9.15. The lowest BCUT2D eigenvalue weighted by Gasteiger charge is -2.27. The number of hydrogen-bond donors (Lipinski definition) is 0. The molecule has 0 saturated carbocycles. The van der Waals surface area contributed by atoms with Crippen LogP contribution in [0, 0.1) is 23.2 Å². The fourth-order valence-corrected chi connectivity index (χ4v) is 4.25. The minimum Gasteiger partial charge on any atom is -0.288 e. The third-order valence-electron chi connectivity index (χ3n) is 5.56. The minimum absolute atomic E-state index is 0.158. The molecule has 2 aromatic rings. The maximum atomic E-state index is 13.2. The van der Waals surface area contributed by atoms with Crippen LogP contribution in [0.25, 0.3) is 0 Å². The van der Waals surface area contributed by atoms with Gasteiger partial charge in [-0.3, -0.25) is 19.5 Å². The van der Waals surface area contributed by atoms with Crippen molar-refractivity contribution in [1.29, 1.82) is 5.26 Å². The van der Waals surface area contributed by atoms with Crippen LogP contribution in [0.2, 0.25) is 0 Å². The highest BCUT2D eigenvalue weighted by Crippen LogP contribution is 2.36. The van der Waals surface area contributed by atoms with Crippen molar-refractivity contribution in [3.8, 4) is 6.07 Å². The Labute approximate surface area is 164 Å². The zero-order valence-corrected chi connectivity index (χ0v) is 15.5. The maximum Gasteiger partial charge on any atom is 0.238 e. The highest BCUT2D eigenvalue weighted by Gasteiger charge is 2.45. The Hall–Kier alpha value is -3.26. The van der Waals surface area contributed by atoms with Gasteiger partial charge >= 0.3 is 0 Å². The topological polar surface area (TPSA) is 73.5 Å². The number of amides is 2. The van der Waals surface area contributed by atoms with Gasteiger partial charge in [0.2, 0.25) is 11.8 Å². The number of hydrogen-bond acceptors (Lipinski definition) is 4. The average Bonchev–Trinajstić information content (AvgIpc) is 3.03. The smallest absolute Gasteiger partial charge is 0.238 e. The normalized spacial score (nSPS) is 19.8. The predicted octanol–water partition coefficient (Wildman–Crippen LogP) is 3.53. The van der Waals surface area contributed by atoms with Crippen molar-refractivity contribution < 1.29 is 9.59 Å². The summed E-state index contributed by atoms with van der Waals surface area (Å²) in [6.07, 6.45) is 1.88. The Balaban J connectivity index is 1.69. The van der Waals surface area contributed by atoms with Gasteiger partial charge in [0.15, 0.2) is 0 Å². The molecule has 2 amide bonds. The lowest BCUT2D eigenvalue weighted by Crippen LogP contribution is -2.35. The number of nitriles is 1. The molecule has 2 unspecified atom stereocenters. The first-order valence-electron chi connectivity index (χ1n) is 9.62. The molecule has 2 aliphatic heterocycles. The van der Waals surface area contributed by atoms with Gasteiger partial charge in [-0.05, 0) is 36.1 Å². The summed E-state index contributed by atoms with van der Waals surface area (Å²) in [6.45, 7) is 0.673. The first-order chi connectivity index (χ1) is 13.7. The number of imide groups is 1. The molecular weight excluding hydrogens is 350 g/mol. The van der Waals surface area contributed by atoms with E-state index in [4.69, 9.17) is 10.3 Å². The zero-order chi connectivity index (χ0) is 19.5. The van der Waals surface area contributed by atoms with E-state index in [-0.39, 0.29) is 24.2 Å². The number of carbonyl (C=O) groups is 2. The Bertz CT molecular complexity index is 975. The van der Waals surface area contributed by atoms with Gasteiger partial charge in [-0.2, -0.15) is 5.26 Å². The molecule has 2 heterocycles. The molecule has 1 fully saturated rings. The molecule has 0 bridgehead atoms. The predicted molar refractivity (Wildman–Crippen MR) is 107 cm³/mol. The van der Waals surface area contributed by atoms with Gasteiger partial charge in [0.1, 0.15) is 0 Å². The number of benzene rings is 2. The van der Waals surface area contributed by atoms with Crippen LogP contribution in [0.15, 0.2) is 59.6 Å². The Kier molecular flexibility index (Phi) is 5.03. The quantitative estimate of drug-likeness (QED) is 0.755. The zero-order valence-electron chi connectivity index (χ0n) is 15.5. The Morgan fingerprint density at radius 3 is 2.64 bits per heavy atom. The van der Waals surface area contributed by atoms with Crippen molar-refractivity contribution in [2.24, 2.45) is 16.8 Å². The average molecular weight is 371 g/mol. The molecule has 2 aromatic carbocycles. The third-order valence-corrected chi connectivity index (χ3v) is 5.56. The fraction of sp³-hybridized carbons (Fsp3) is 0.304. The van der Waals surface area contributed by atoms with Crippen LogP contribution < -0.4 is 4.90 Å². The molecule has 0 aromatic heterocycles. The van der Waals surface area contributed by atoms with Gasteiger partial charge in [-0.15, -0.1) is 0 Å². The summed E-state index contributed by atoms with van der Waals surface area (Å²) in [5.74, 6) is -1.09. The van der Waals surface area contributed by atoms with Crippen molar-refractivity contribution in [2.45, 2.75) is 25.7 Å². The molecule has 0 N–H and O–H groups in total. The van der Waals surface area contributed by atoms with E-state index in [9.17, 15) is 9.59 Å². The monoisotopic (exact) mass is 371 g/mol. The number of aliphatic imine (C=N–C) groups is 1. The van der Waals surface area contributed by atoms with Crippen molar-refractivity contribution >= 4 is 23.2 Å². The van der Waals surface area contributed by atoms with E-state index in [1.807, 2.05) is 36.4 Å². The van der Waals surface area contributed by atoms with Gasteiger partial charge in [-0.25, -0.2) is 0 Å². The fourth-order valence-electron chi connectivity index (χ4n) is 4.25. The van der Waals surface area contributed by atoms with Crippen molar-refractivity contribution in [3.05, 3.63) is 65.7 Å². The lowest BCUT2D eigenvalue weighted by molar-refractivity contribution is -0.122. The van der Waals surface area contributed by atoms with Crippen LogP contribution in [-0.4, -0.2) is 24.1 Å². The molecule has 0 radical (unpaired) electrons. The van der Waals surface area contributed by atoms with Gasteiger partial charge in [-0.1, -0.05) is 42.5 Å². The van der Waals surface area contributed by atoms with E-state index < -0.39 is 5.92 Å². The molecule has 2 aliphatic rings. The summed E-state index contributed by atoms with van der Waals surface area (Å²) in [4.78, 5) is 32.0. The lowest BCUT2D eigenvalue weighted by atomic mass is 9.78. The summed E-state index contributed by atoms with van der Waals surface area (Å²) in [7, 11) is 0. The highest BCUT2D eigenvalue weighted by molar-refractivity contribution is 6.22. The van der Waals surface area contributed by atoms with Crippen LogP contribution in [0.5, 0.6) is 0 Å². The number of carbonyl (C=O) groups excluding carboxylic acids is 2. The molecule has 1 saturated heterocycles. The van der Waals surface area contributed by atoms with E-state index in [0.29, 0.717) is 25.1 Å². The van der Waals surface area contributed by atoms with E-state index in [2.05, 4.69) is 12.1 Å². The third kappa shape index (κ3) is 3.22. The van der Waals surface area contributed by atoms with E-state index in [0.717, 1.165) is 17.7 Å². The molecule has 2 atom stereocenters. The number of para-hydroxylation sites is 1. The van der Waals surface area contributed by atoms with Gasteiger partial charge in [0.05, 0.1) is 17.7 Å². The molecule has 5 heteroatoms. The summed E-state index contributed by atoms with van der Waals surface area (Å²) in [5.41, 5.74) is 3.74. The van der Waals surface area contributed by atoms with E-state index in [1.54, 1.807) is 12.1 Å². The molecule has 0 aliphatic carbocycles. The Morgan fingerprint density at radius 2 is 1.86 bits per heavy atom. The molecule has 0 spiro atoms. The minimum atomic E-state index is -0.481. The van der Waals surface area contributed by atoms with E-state index >= 15 is 0 Å². The largest absolute Gasteiger partial charge is 0.288 e. The van der Waals surface area contributed by atoms with Gasteiger partial charge in [0, 0.05) is 31.0 Å². The molecule has 5 nitrogen and oxygen atoms in total. The molecule has 28 heavy (non-hydrogen) atoms. The molecular formula is C23H21N3O2. The first-order valence-corrected chi connectivity index (χ1v) is 9.62. The van der Waals surface area contributed by atoms with E-state index in [1.165, 1.54) is 10.5 Å². The van der Waals surface area contributed by atoms with Crippen LogP contribution in [0.1, 0.15) is 30.4 Å². The number of nitrogens with zero attached hydrogens (tertiary/aromatic N) is 3. The second-order valence-corrected chi connectivity index (χ2v) is 7.19. The number of fused-ring (bicyclic) bond motifs is 1. The van der Waals surface area contributed by atoms with Crippen molar-refractivity contribution in [1.82, 2.24) is 0 Å². The SMILES string of the molecule is N#CCCC(C1=NCCc2ccccc21)C1CC(=O)N(c2ccccc2)C1=O. The summed E-state index contributed by atoms with van der Waals surface area (Å²) < 4.78 is 0. The van der Waals surface area contributed by atoms with Crippen molar-refractivity contribution in [2.75, 3.05) is 11.4 Å². The highest BCUT2D eigenvalue weighted by atomic mass is 16.2. The molecule has 4 rings (SSSR count). The van der Waals surface area contributed by atoms with Gasteiger partial charge < -0.3 is 0 Å². The maximum absolute atomic E-state index is 13.2. The van der Waals surface area contributed by atoms with Crippen molar-refractivity contribution in [3.63, 3.8) is 0 Å². The molecule has 140 valence electrons. The van der Waals surface area contributed by atoms with Crippen LogP contribution >= 0.6 is 0 Å². The van der Waals surface area contributed by atoms with Crippen LogP contribution in [0.4, 0.5) is 5.69 Å². The first kappa shape index (κ1) is 18.1. The second kappa shape index (κ2) is 7.77. The van der Waals surface area contributed by atoms with Crippen LogP contribution in [-0.2, 0) is 16.0 Å². The Morgan fingerprint density at radius 1 is 1.11 bits per heavy atom. The van der Waals surface area contributed by atoms with Gasteiger partial charge in [0.25, 0.3) is 0 Å².